The van der Waals surface area contributed by atoms with E-state index in [-0.39, 0.29) is 35.6 Å². The van der Waals surface area contributed by atoms with Crippen LogP contribution in [-0.4, -0.2) is 111 Å². The molecule has 9 rings (SSSR count). The highest BCUT2D eigenvalue weighted by Gasteiger charge is 2.35. The summed E-state index contributed by atoms with van der Waals surface area (Å²) in [5.41, 5.74) is 5.45. The third kappa shape index (κ3) is 7.13. The van der Waals surface area contributed by atoms with Gasteiger partial charge in [-0.2, -0.15) is 10.4 Å². The first kappa shape index (κ1) is 35.7. The molecule has 17 heteroatoms. The molecule has 16 nitrogen and oxygen atoms in total. The summed E-state index contributed by atoms with van der Waals surface area (Å²) in [4.78, 5) is 53.3. The number of amides is 3. The van der Waals surface area contributed by atoms with Crippen LogP contribution < -0.4 is 20.4 Å². The first-order chi connectivity index (χ1) is 27.4. The molecule has 4 aliphatic heterocycles. The summed E-state index contributed by atoms with van der Waals surface area (Å²) < 4.78 is 7.40. The van der Waals surface area contributed by atoms with E-state index in [1.54, 1.807) is 23.0 Å². The van der Waals surface area contributed by atoms with Crippen LogP contribution in [0.25, 0.3) is 27.5 Å². The number of piperazine rings is 1. The molecule has 0 bridgehead atoms. The van der Waals surface area contributed by atoms with Gasteiger partial charge in [0.1, 0.15) is 11.9 Å². The summed E-state index contributed by atoms with van der Waals surface area (Å²) in [5, 5.41) is 30.7. The zero-order valence-electron chi connectivity index (χ0n) is 30.6. The summed E-state index contributed by atoms with van der Waals surface area (Å²) >= 11 is 1.52. The zero-order valence-corrected chi connectivity index (χ0v) is 31.5. The molecular weight excluding hydrogens is 733 g/mol. The van der Waals surface area contributed by atoms with Gasteiger partial charge in [-0.3, -0.25) is 24.7 Å². The minimum absolute atomic E-state index is 0.112. The van der Waals surface area contributed by atoms with Crippen LogP contribution in [0.4, 0.5) is 16.6 Å². The fourth-order valence-corrected chi connectivity index (χ4v) is 8.92. The van der Waals surface area contributed by atoms with Crippen molar-refractivity contribution < 1.29 is 19.1 Å². The van der Waals surface area contributed by atoms with Gasteiger partial charge in [-0.05, 0) is 61.6 Å². The van der Waals surface area contributed by atoms with Crippen LogP contribution in [0.15, 0.2) is 55.0 Å². The van der Waals surface area contributed by atoms with E-state index in [1.807, 2.05) is 41.4 Å². The number of rotatable bonds is 8. The molecule has 2 atom stereocenters. The first-order valence-electron chi connectivity index (χ1n) is 19.0. The Morgan fingerprint density at radius 2 is 1.79 bits per heavy atom. The van der Waals surface area contributed by atoms with Gasteiger partial charge in [0, 0.05) is 83.0 Å². The van der Waals surface area contributed by atoms with E-state index < -0.39 is 0 Å². The Morgan fingerprint density at radius 1 is 0.929 bits per heavy atom. The molecule has 56 heavy (non-hydrogen) atoms. The van der Waals surface area contributed by atoms with E-state index in [9.17, 15) is 19.6 Å². The van der Waals surface area contributed by atoms with Gasteiger partial charge in [0.15, 0.2) is 5.01 Å². The average molecular weight is 773 g/mol. The highest BCUT2D eigenvalue weighted by atomic mass is 32.1. The number of hydrogen-bond acceptors (Lipinski definition) is 14. The second-order valence-electron chi connectivity index (χ2n) is 14.6. The molecule has 0 unspecified atom stereocenters. The molecule has 286 valence electrons. The standard InChI is InChI=1S/C39H40N12O4S/c40-19-24-17-28-2-4-33(51(28)43-20-24)32-18-31(44-27-8-15-55-16-9-27)30(22-41-32)37-46-47-39(56-37)49-13-11-48(12-14-49)38(54)26-7-10-50(23-26)34-5-1-25(21-42-34)29-3-6-35(52)45-36(29)53/h1-2,4-5,17-18,20-22,26-27,29H,3,6-16,23H2,(H,41,44)(H,45,52,53)/t26-,29-/m1/s1. The summed E-state index contributed by atoms with van der Waals surface area (Å²) in [5.74, 6) is -0.0410. The second-order valence-corrected chi connectivity index (χ2v) is 15.6. The summed E-state index contributed by atoms with van der Waals surface area (Å²) in [6.07, 6.45) is 8.46. The van der Waals surface area contributed by atoms with Crippen molar-refractivity contribution in [3.05, 3.63) is 66.1 Å². The first-order valence-corrected chi connectivity index (χ1v) is 19.9. The number of imide groups is 1. The van der Waals surface area contributed by atoms with Gasteiger partial charge in [-0.25, -0.2) is 9.50 Å². The Balaban J connectivity index is 0.846. The summed E-state index contributed by atoms with van der Waals surface area (Å²) in [7, 11) is 0. The van der Waals surface area contributed by atoms with Crippen LogP contribution >= 0.6 is 11.3 Å². The second kappa shape index (κ2) is 15.3. The number of hydrogen-bond donors (Lipinski definition) is 2. The number of fused-ring (bicyclic) bond motifs is 1. The van der Waals surface area contributed by atoms with Crippen molar-refractivity contribution in [1.29, 1.82) is 5.26 Å². The molecule has 5 aromatic heterocycles. The van der Waals surface area contributed by atoms with E-state index in [0.29, 0.717) is 64.3 Å². The lowest BCUT2D eigenvalue weighted by molar-refractivity contribution is -0.135. The molecule has 0 aromatic carbocycles. The Labute approximate surface area is 326 Å². The van der Waals surface area contributed by atoms with Crippen LogP contribution in [0.3, 0.4) is 0 Å². The van der Waals surface area contributed by atoms with Gasteiger partial charge in [0.05, 0.1) is 46.1 Å². The normalized spacial score (nSPS) is 20.7. The molecule has 4 aliphatic rings. The molecule has 4 fully saturated rings. The number of piperidine rings is 1. The lowest BCUT2D eigenvalue weighted by Crippen LogP contribution is -2.50. The maximum Gasteiger partial charge on any atom is 0.234 e. The number of carbonyl (C=O) groups excluding carboxylic acids is 3. The van der Waals surface area contributed by atoms with Gasteiger partial charge in [0.25, 0.3) is 0 Å². The van der Waals surface area contributed by atoms with E-state index in [1.165, 1.54) is 11.3 Å². The highest BCUT2D eigenvalue weighted by molar-refractivity contribution is 7.18. The molecule has 0 spiro atoms. The molecular formula is C39H40N12O4S. The molecule has 3 amide bonds. The molecule has 9 heterocycles. The van der Waals surface area contributed by atoms with Crippen molar-refractivity contribution >= 4 is 51.2 Å². The van der Waals surface area contributed by atoms with Crippen LogP contribution in [0, 0.1) is 17.2 Å². The van der Waals surface area contributed by atoms with Gasteiger partial charge >= 0.3 is 0 Å². The minimum Gasteiger partial charge on any atom is -0.381 e. The number of anilines is 3. The highest BCUT2D eigenvalue weighted by Crippen LogP contribution is 2.37. The average Bonchev–Trinajstić information content (AvgIpc) is 4.02. The smallest absolute Gasteiger partial charge is 0.234 e. The number of nitriles is 1. The summed E-state index contributed by atoms with van der Waals surface area (Å²) in [6.45, 7) is 5.26. The molecule has 0 saturated carbocycles. The fourth-order valence-electron chi connectivity index (χ4n) is 8.00. The lowest BCUT2D eigenvalue weighted by atomic mass is 9.92. The molecule has 4 saturated heterocycles. The fraction of sp³-hybridized carbons (Fsp3) is 0.410. The number of nitrogens with one attached hydrogen (secondary N) is 2. The lowest BCUT2D eigenvalue weighted by Gasteiger charge is -2.35. The van der Waals surface area contributed by atoms with Crippen LogP contribution in [-0.2, 0) is 19.1 Å². The van der Waals surface area contributed by atoms with Crippen molar-refractivity contribution in [1.82, 2.24) is 40.0 Å². The van der Waals surface area contributed by atoms with Crippen molar-refractivity contribution in [2.24, 2.45) is 5.92 Å². The topological polar surface area (TPSA) is 187 Å². The Kier molecular flexibility index (Phi) is 9.73. The number of ether oxygens (including phenoxy) is 1. The third-order valence-corrected chi connectivity index (χ3v) is 12.2. The largest absolute Gasteiger partial charge is 0.381 e. The number of nitrogens with zero attached hydrogens (tertiary/aromatic N) is 10. The zero-order chi connectivity index (χ0) is 38.2. The monoisotopic (exact) mass is 772 g/mol. The minimum atomic E-state index is -0.371. The predicted molar refractivity (Wildman–Crippen MR) is 208 cm³/mol. The van der Waals surface area contributed by atoms with E-state index >= 15 is 0 Å². The molecule has 5 aromatic rings. The quantitative estimate of drug-likeness (QED) is 0.219. The van der Waals surface area contributed by atoms with Gasteiger partial charge in [0.2, 0.25) is 22.9 Å². The van der Waals surface area contributed by atoms with E-state index in [4.69, 9.17) is 9.72 Å². The van der Waals surface area contributed by atoms with Crippen molar-refractivity contribution in [2.75, 3.05) is 67.6 Å². The van der Waals surface area contributed by atoms with Crippen LogP contribution in [0.5, 0.6) is 0 Å². The summed E-state index contributed by atoms with van der Waals surface area (Å²) in [6, 6.07) is 13.9. The van der Waals surface area contributed by atoms with Crippen LogP contribution in [0.1, 0.15) is 49.1 Å². The molecule has 0 radical (unpaired) electrons. The van der Waals surface area contributed by atoms with Gasteiger partial charge in [-0.1, -0.05) is 17.4 Å². The van der Waals surface area contributed by atoms with E-state index in [2.05, 4.69) is 46.8 Å². The predicted octanol–water partition coefficient (Wildman–Crippen LogP) is 3.47. The van der Waals surface area contributed by atoms with Crippen molar-refractivity contribution in [3.63, 3.8) is 0 Å². The Morgan fingerprint density at radius 3 is 2.57 bits per heavy atom. The van der Waals surface area contributed by atoms with E-state index in [0.717, 1.165) is 75.5 Å². The van der Waals surface area contributed by atoms with Gasteiger partial charge < -0.3 is 24.8 Å². The SMILES string of the molecule is N#Cc1cnn2c(-c3cc(NC4CCOCC4)c(-c4nnc(N5CCN(C(=O)[C@@H]6CCN(c7ccc([C@H]8CCC(=O)NC8=O)cn7)C6)CC5)s4)cn3)ccc2c1. The Bertz CT molecular complexity index is 2320. The third-order valence-electron chi connectivity index (χ3n) is 11.2. The van der Waals surface area contributed by atoms with Gasteiger partial charge in [-0.15, -0.1) is 10.2 Å². The maximum atomic E-state index is 13.7. The Hall–Kier alpha value is -5.99. The van der Waals surface area contributed by atoms with Crippen molar-refractivity contribution in [3.8, 4) is 28.0 Å². The van der Waals surface area contributed by atoms with Crippen LogP contribution in [0.2, 0.25) is 0 Å². The molecule has 0 aliphatic carbocycles. The van der Waals surface area contributed by atoms with Crippen molar-refractivity contribution in [2.45, 2.75) is 44.1 Å². The number of aromatic nitrogens is 6. The number of pyridine rings is 2. The molecule has 2 N–H and O–H groups in total. The number of carbonyl (C=O) groups is 3. The maximum absolute atomic E-state index is 13.7.